The van der Waals surface area contributed by atoms with Gasteiger partial charge < -0.3 is 9.63 Å². The minimum Gasteiger partial charge on any atom is -0.476 e. The molecule has 0 bridgehead atoms. The Morgan fingerprint density at radius 3 is 2.94 bits per heavy atom. The van der Waals surface area contributed by atoms with Gasteiger partial charge in [-0.25, -0.2) is 9.48 Å². The molecule has 0 saturated heterocycles. The summed E-state index contributed by atoms with van der Waals surface area (Å²) in [6.07, 6.45) is 1.44. The number of aromatic nitrogens is 3. The number of hydrogen-bond donors (Lipinski definition) is 1. The van der Waals surface area contributed by atoms with Crippen molar-refractivity contribution in [1.82, 2.24) is 14.9 Å². The summed E-state index contributed by atoms with van der Waals surface area (Å²) in [4.78, 5) is 22.9. The van der Waals surface area contributed by atoms with E-state index < -0.39 is 11.5 Å². The monoisotopic (exact) mass is 235 g/mol. The maximum atomic E-state index is 11.8. The van der Waals surface area contributed by atoms with Gasteiger partial charge in [0.05, 0.1) is 11.9 Å². The van der Waals surface area contributed by atoms with Crippen molar-refractivity contribution in [2.45, 2.75) is 13.5 Å². The zero-order valence-corrected chi connectivity index (χ0v) is 9.01. The molecule has 0 fully saturated rings. The maximum absolute atomic E-state index is 11.8. The molecule has 2 rings (SSSR count). The van der Waals surface area contributed by atoms with E-state index >= 15 is 0 Å². The highest BCUT2D eigenvalue weighted by Gasteiger charge is 2.21. The number of hydrogen-bond acceptors (Lipinski definition) is 5. The molecule has 2 heterocycles. The molecule has 2 aromatic heterocycles. The van der Waals surface area contributed by atoms with Crippen molar-refractivity contribution in [3.05, 3.63) is 34.5 Å². The molecule has 0 saturated carbocycles. The highest BCUT2D eigenvalue weighted by atomic mass is 16.5. The summed E-state index contributed by atoms with van der Waals surface area (Å²) in [6, 6.07) is 0. The third-order valence-electron chi connectivity index (χ3n) is 2.26. The summed E-state index contributed by atoms with van der Waals surface area (Å²) in [7, 11) is 0. The molecule has 88 valence electrons. The number of allylic oxidation sites excluding steroid dienone is 1. The molecule has 7 heteroatoms. The van der Waals surface area contributed by atoms with E-state index in [0.717, 1.165) is 4.68 Å². The van der Waals surface area contributed by atoms with E-state index in [1.165, 1.54) is 13.0 Å². The van der Waals surface area contributed by atoms with Crippen molar-refractivity contribution < 1.29 is 14.4 Å². The molecule has 7 nitrogen and oxygen atoms in total. The zero-order chi connectivity index (χ0) is 12.6. The van der Waals surface area contributed by atoms with E-state index in [0.29, 0.717) is 0 Å². The van der Waals surface area contributed by atoms with E-state index in [2.05, 4.69) is 16.8 Å². The fourth-order valence-corrected chi connectivity index (χ4v) is 1.53. The second-order valence-electron chi connectivity index (χ2n) is 3.39. The molecule has 17 heavy (non-hydrogen) atoms. The van der Waals surface area contributed by atoms with E-state index in [9.17, 15) is 9.59 Å². The van der Waals surface area contributed by atoms with Crippen molar-refractivity contribution in [2.75, 3.05) is 0 Å². The Hall–Kier alpha value is -2.44. The summed E-state index contributed by atoms with van der Waals surface area (Å²) in [5.41, 5.74) is -0.779. The van der Waals surface area contributed by atoms with Crippen LogP contribution in [0.3, 0.4) is 0 Å². The molecule has 0 aromatic carbocycles. The molecule has 0 amide bonds. The number of aromatic carboxylic acids is 1. The molecule has 0 atom stereocenters. The van der Waals surface area contributed by atoms with Gasteiger partial charge in [-0.1, -0.05) is 11.2 Å². The minimum atomic E-state index is -1.24. The predicted molar refractivity (Wildman–Crippen MR) is 58.0 cm³/mol. The molecule has 0 unspecified atom stereocenters. The Morgan fingerprint density at radius 2 is 2.35 bits per heavy atom. The number of carboxylic acid groups (broad SMARTS) is 1. The molecule has 0 radical (unpaired) electrons. The molecule has 1 N–H and O–H groups in total. The van der Waals surface area contributed by atoms with Gasteiger partial charge in [0.1, 0.15) is 5.76 Å². The lowest BCUT2D eigenvalue weighted by atomic mass is 10.2. The largest absolute Gasteiger partial charge is 0.476 e. The Kier molecular flexibility index (Phi) is 2.51. The summed E-state index contributed by atoms with van der Waals surface area (Å²) in [5.74, 6) is -0.980. The van der Waals surface area contributed by atoms with Gasteiger partial charge in [0, 0.05) is 0 Å². The summed E-state index contributed by atoms with van der Waals surface area (Å²) < 4.78 is 5.81. The second kappa shape index (κ2) is 3.85. The molecule has 2 aromatic rings. The Morgan fingerprint density at radius 1 is 1.65 bits per heavy atom. The highest BCUT2D eigenvalue weighted by molar-refractivity contribution is 6.00. The van der Waals surface area contributed by atoms with Gasteiger partial charge in [0.25, 0.3) is 5.56 Å². The molecular weight excluding hydrogens is 226 g/mol. The van der Waals surface area contributed by atoms with Crippen molar-refractivity contribution in [3.63, 3.8) is 0 Å². The van der Waals surface area contributed by atoms with Crippen molar-refractivity contribution in [3.8, 4) is 0 Å². The molecule has 0 spiro atoms. The van der Waals surface area contributed by atoms with Crippen LogP contribution in [0.25, 0.3) is 10.9 Å². The van der Waals surface area contributed by atoms with E-state index in [1.54, 1.807) is 0 Å². The number of aryl methyl sites for hydroxylation is 1. The molecule has 0 aliphatic rings. The van der Waals surface area contributed by atoms with E-state index in [-0.39, 0.29) is 28.9 Å². The fraction of sp³-hybridized carbons (Fsp3) is 0.200. The Balaban J connectivity index is 2.91. The topological polar surface area (TPSA) is 98.2 Å². The van der Waals surface area contributed by atoms with Crippen molar-refractivity contribution >= 4 is 16.9 Å². The lowest BCUT2D eigenvalue weighted by Crippen LogP contribution is -2.25. The van der Waals surface area contributed by atoms with Crippen molar-refractivity contribution in [2.24, 2.45) is 0 Å². The van der Waals surface area contributed by atoms with Crippen LogP contribution in [0.2, 0.25) is 0 Å². The van der Waals surface area contributed by atoms with Gasteiger partial charge in [-0.15, -0.1) is 6.58 Å². The average Bonchev–Trinajstić information content (AvgIpc) is 2.65. The minimum absolute atomic E-state index is 0.0308. The Labute approximate surface area is 94.9 Å². The van der Waals surface area contributed by atoms with Gasteiger partial charge in [-0.2, -0.15) is 5.10 Å². The summed E-state index contributed by atoms with van der Waals surface area (Å²) in [5, 5.41) is 16.5. The van der Waals surface area contributed by atoms with E-state index in [4.69, 9.17) is 9.63 Å². The molecule has 0 aliphatic carbocycles. The normalized spacial score (nSPS) is 10.6. The van der Waals surface area contributed by atoms with Crippen LogP contribution < -0.4 is 5.56 Å². The highest BCUT2D eigenvalue weighted by Crippen LogP contribution is 2.17. The first-order valence-electron chi connectivity index (χ1n) is 4.77. The maximum Gasteiger partial charge on any atom is 0.357 e. The summed E-state index contributed by atoms with van der Waals surface area (Å²) in [6.45, 7) is 5.11. The Bertz CT molecular complexity index is 668. The first kappa shape index (κ1) is 11.1. The average molecular weight is 235 g/mol. The van der Waals surface area contributed by atoms with Gasteiger partial charge in [-0.3, -0.25) is 4.79 Å². The molecular formula is C10H9N3O4. The second-order valence-corrected chi connectivity index (χ2v) is 3.39. The van der Waals surface area contributed by atoms with Gasteiger partial charge >= 0.3 is 5.97 Å². The van der Waals surface area contributed by atoms with Gasteiger partial charge in [0.15, 0.2) is 11.2 Å². The van der Waals surface area contributed by atoms with Crippen LogP contribution in [0, 0.1) is 6.92 Å². The van der Waals surface area contributed by atoms with Crippen molar-refractivity contribution in [1.29, 1.82) is 0 Å². The molecule has 0 aliphatic heterocycles. The number of rotatable bonds is 3. The number of carbonyl (C=O) groups is 1. The number of carboxylic acids is 1. The fourth-order valence-electron chi connectivity index (χ4n) is 1.53. The first-order valence-corrected chi connectivity index (χ1v) is 4.77. The van der Waals surface area contributed by atoms with Crippen LogP contribution >= 0.6 is 0 Å². The lowest BCUT2D eigenvalue weighted by molar-refractivity contribution is 0.0690. The number of fused-ring (bicyclic) bond motifs is 1. The van der Waals surface area contributed by atoms with Crippen LogP contribution in [0.1, 0.15) is 16.2 Å². The third kappa shape index (κ3) is 1.61. The van der Waals surface area contributed by atoms with E-state index in [1.807, 2.05) is 0 Å². The smallest absolute Gasteiger partial charge is 0.357 e. The lowest BCUT2D eigenvalue weighted by Gasteiger charge is -2.02. The van der Waals surface area contributed by atoms with Crippen LogP contribution in [0.15, 0.2) is 22.0 Å². The third-order valence-corrected chi connectivity index (χ3v) is 2.26. The van der Waals surface area contributed by atoms with Gasteiger partial charge in [0.2, 0.25) is 0 Å². The van der Waals surface area contributed by atoms with Crippen LogP contribution in [-0.2, 0) is 6.54 Å². The zero-order valence-electron chi connectivity index (χ0n) is 9.01. The summed E-state index contributed by atoms with van der Waals surface area (Å²) >= 11 is 0. The quantitative estimate of drug-likeness (QED) is 0.781. The van der Waals surface area contributed by atoms with Crippen LogP contribution in [-0.4, -0.2) is 26.0 Å². The van der Waals surface area contributed by atoms with Crippen LogP contribution in [0.4, 0.5) is 0 Å². The SMILES string of the molecule is C=CCn1nc(C(=O)O)c2c(C)onc2c1=O. The first-order chi connectivity index (χ1) is 8.06. The predicted octanol–water partition coefficient (Wildman–Crippen LogP) is 0.577. The van der Waals surface area contributed by atoms with Gasteiger partial charge in [-0.05, 0) is 6.92 Å². The number of nitrogens with zero attached hydrogens (tertiary/aromatic N) is 3. The van der Waals surface area contributed by atoms with Crippen LogP contribution in [0.5, 0.6) is 0 Å². The standard InChI is InChI=1S/C10H9N3O4/c1-3-4-13-9(14)7-6(5(2)17-12-7)8(11-13)10(15)16/h3H,1,4H2,2H3,(H,15,16).